The molecule has 1 atom stereocenters. The normalized spacial score (nSPS) is 16.8. The first-order valence-corrected chi connectivity index (χ1v) is 4.99. The molecule has 10 heteroatoms. The summed E-state index contributed by atoms with van der Waals surface area (Å²) < 4.78 is 6.30. The van der Waals surface area contributed by atoms with Crippen molar-refractivity contribution in [3.63, 3.8) is 0 Å². The predicted molar refractivity (Wildman–Crippen MR) is 50.4 cm³/mol. The van der Waals surface area contributed by atoms with Crippen LogP contribution in [0.3, 0.4) is 0 Å². The first-order valence-electron chi connectivity index (χ1n) is 3.48. The minimum atomic E-state index is -3.93. The van der Waals surface area contributed by atoms with Gasteiger partial charge in [-0.05, 0) is 6.42 Å². The zero-order valence-electron chi connectivity index (χ0n) is 7.07. The fourth-order valence-corrected chi connectivity index (χ4v) is 1.59. The Balaban J connectivity index is 4.87. The first kappa shape index (κ1) is 13.0. The van der Waals surface area contributed by atoms with Crippen molar-refractivity contribution >= 4 is 10.6 Å². The monoisotopic (exact) mass is 226 g/mol. The second-order valence-electron chi connectivity index (χ2n) is 2.41. The molecule has 0 radical (unpaired) electrons. The molecule has 0 aromatic carbocycles. The number of rotatable bonds is 7. The fraction of sp³-hybridized carbons (Fsp3) is 1.00. The number of nitroso groups, excluding NO2 is 3. The van der Waals surface area contributed by atoms with Crippen molar-refractivity contribution in [2.45, 2.75) is 17.9 Å². The van der Waals surface area contributed by atoms with Crippen LogP contribution < -0.4 is 5.73 Å². The largest absolute Gasteiger partial charge is 0.396 e. The molecule has 0 aromatic rings. The number of nitrogens with zero attached hydrogens (tertiary/aromatic N) is 3. The minimum Gasteiger partial charge on any atom is -0.396 e. The van der Waals surface area contributed by atoms with Gasteiger partial charge >= 0.3 is 0 Å². The molecule has 0 bridgehead atoms. The van der Waals surface area contributed by atoms with Crippen LogP contribution in [0.2, 0.25) is 0 Å². The minimum absolute atomic E-state index is 0.0116. The Morgan fingerprint density at radius 2 is 1.64 bits per heavy atom. The average molecular weight is 226 g/mol. The molecule has 4 N–H and O–H groups in total. The second-order valence-corrected chi connectivity index (χ2v) is 4.61. The predicted octanol–water partition coefficient (Wildman–Crippen LogP) is 0.213. The molecular formula is C4H10N4O5S. The van der Waals surface area contributed by atoms with E-state index in [4.69, 9.17) is 10.8 Å². The van der Waals surface area contributed by atoms with Crippen LogP contribution in [-0.4, -0.2) is 21.9 Å². The highest BCUT2D eigenvalue weighted by molar-refractivity contribution is 8.31. The van der Waals surface area contributed by atoms with Gasteiger partial charge in [0.2, 0.25) is 15.6 Å². The summed E-state index contributed by atoms with van der Waals surface area (Å²) in [5.41, 5.74) is 5.11. The van der Waals surface area contributed by atoms with Crippen LogP contribution in [0.25, 0.3) is 0 Å². The molecule has 0 heterocycles. The third kappa shape index (κ3) is 2.29. The Morgan fingerprint density at radius 1 is 1.21 bits per heavy atom. The van der Waals surface area contributed by atoms with Gasteiger partial charge in [0.15, 0.2) is 0 Å². The van der Waals surface area contributed by atoms with E-state index in [9.17, 15) is 19.8 Å². The molecule has 9 nitrogen and oxygen atoms in total. The van der Waals surface area contributed by atoms with E-state index in [0.29, 0.717) is 0 Å². The maximum Gasteiger partial charge on any atom is 0.213 e. The topological polar surface area (TPSA) is 155 Å². The number of nitrogens with two attached hydrogens (primary N) is 1. The van der Waals surface area contributed by atoms with E-state index in [1.165, 1.54) is 0 Å². The van der Waals surface area contributed by atoms with Crippen LogP contribution in [0.5, 0.6) is 0 Å². The quantitative estimate of drug-likeness (QED) is 0.416. The van der Waals surface area contributed by atoms with Gasteiger partial charge in [-0.15, -0.1) is 14.7 Å². The van der Waals surface area contributed by atoms with Crippen molar-refractivity contribution in [3.05, 3.63) is 14.7 Å². The van der Waals surface area contributed by atoms with E-state index >= 15 is 0 Å². The molecule has 0 saturated heterocycles. The Bertz CT molecular complexity index is 212. The van der Waals surface area contributed by atoms with Crippen LogP contribution in [0.15, 0.2) is 13.7 Å². The smallest absolute Gasteiger partial charge is 0.213 e. The molecule has 0 amide bonds. The number of hydrogen-bond acceptors (Lipinski definition) is 9. The van der Waals surface area contributed by atoms with Crippen LogP contribution in [0.1, 0.15) is 12.8 Å². The van der Waals surface area contributed by atoms with Gasteiger partial charge in [-0.25, -0.2) is 0 Å². The third-order valence-corrected chi connectivity index (χ3v) is 3.26. The van der Waals surface area contributed by atoms with E-state index in [-0.39, 0.29) is 19.4 Å². The summed E-state index contributed by atoms with van der Waals surface area (Å²) in [6, 6.07) is 0. The lowest BCUT2D eigenvalue weighted by molar-refractivity contribution is 0.117. The van der Waals surface area contributed by atoms with Gasteiger partial charge in [-0.2, -0.15) is 0 Å². The number of aliphatic hydroxyl groups excluding tert-OH is 1. The fourth-order valence-electron chi connectivity index (χ4n) is 0.704. The molecule has 0 aliphatic carbocycles. The van der Waals surface area contributed by atoms with Crippen molar-refractivity contribution in [2.24, 2.45) is 19.5 Å². The molecule has 0 saturated carbocycles. The van der Waals surface area contributed by atoms with Gasteiger partial charge in [-0.3, -0.25) is 5.73 Å². The highest BCUT2D eigenvalue weighted by Crippen LogP contribution is 2.60. The zero-order valence-corrected chi connectivity index (χ0v) is 7.88. The maximum atomic E-state index is 10.2. The third-order valence-electron chi connectivity index (χ3n) is 1.48. The Morgan fingerprint density at radius 3 is 1.93 bits per heavy atom. The van der Waals surface area contributed by atoms with Crippen LogP contribution in [0.4, 0.5) is 0 Å². The standard InChI is InChI=1S/C4H10N4O5S/c5-4(10,2-1-3-9)14(6-11,7-12)8-13/h9-10H,1-3,5H2. The van der Waals surface area contributed by atoms with E-state index < -0.39 is 15.6 Å². The summed E-state index contributed by atoms with van der Waals surface area (Å²) in [6.07, 6.45) is -0.385. The van der Waals surface area contributed by atoms with Gasteiger partial charge in [0, 0.05) is 26.8 Å². The maximum absolute atomic E-state index is 10.2. The Kier molecular flexibility index (Phi) is 4.70. The van der Waals surface area contributed by atoms with Crippen LogP contribution in [-0.2, 0) is 0 Å². The highest BCUT2D eigenvalue weighted by Gasteiger charge is 2.49. The van der Waals surface area contributed by atoms with Crippen LogP contribution >= 0.6 is 10.6 Å². The second kappa shape index (κ2) is 5.05. The Labute approximate surface area is 80.3 Å². The molecule has 0 spiro atoms. The van der Waals surface area contributed by atoms with Gasteiger partial charge in [0.1, 0.15) is 0 Å². The number of hydrogen-bond donors (Lipinski definition) is 3. The van der Waals surface area contributed by atoms with E-state index in [2.05, 4.69) is 13.7 Å². The molecule has 0 aromatic heterocycles. The van der Waals surface area contributed by atoms with Crippen molar-refractivity contribution in [1.82, 2.24) is 0 Å². The van der Waals surface area contributed by atoms with E-state index in [1.54, 1.807) is 0 Å². The average Bonchev–Trinajstić information content (AvgIpc) is 2.18. The summed E-state index contributed by atoms with van der Waals surface area (Å²) in [7, 11) is -3.93. The van der Waals surface area contributed by atoms with Gasteiger partial charge in [0.25, 0.3) is 0 Å². The SMILES string of the molecule is NC(O)(CCCO)S(N=O)(N=O)N=O. The molecule has 0 fully saturated rings. The van der Waals surface area contributed by atoms with Crippen molar-refractivity contribution in [2.75, 3.05) is 6.61 Å². The lowest BCUT2D eigenvalue weighted by Crippen LogP contribution is -2.42. The molecule has 0 aliphatic rings. The zero-order chi connectivity index (χ0) is 11.2. The van der Waals surface area contributed by atoms with Crippen molar-refractivity contribution in [3.8, 4) is 0 Å². The molecule has 1 unspecified atom stereocenters. The molecule has 0 rings (SSSR count). The summed E-state index contributed by atoms with van der Waals surface area (Å²) in [4.78, 5) is 30.6. The number of aliphatic hydroxyl groups is 2. The first-order chi connectivity index (χ1) is 6.49. The lowest BCUT2D eigenvalue weighted by Gasteiger charge is -2.30. The van der Waals surface area contributed by atoms with Crippen LogP contribution in [0, 0.1) is 14.7 Å². The van der Waals surface area contributed by atoms with Crippen molar-refractivity contribution in [1.29, 1.82) is 0 Å². The summed E-state index contributed by atoms with van der Waals surface area (Å²) in [5.74, 6) is 0. The summed E-state index contributed by atoms with van der Waals surface area (Å²) >= 11 is 0. The van der Waals surface area contributed by atoms with Gasteiger partial charge in [-0.1, -0.05) is 0 Å². The van der Waals surface area contributed by atoms with E-state index in [0.717, 1.165) is 0 Å². The lowest BCUT2D eigenvalue weighted by atomic mass is 10.3. The van der Waals surface area contributed by atoms with Gasteiger partial charge < -0.3 is 10.2 Å². The molecular weight excluding hydrogens is 216 g/mol. The molecule has 14 heavy (non-hydrogen) atoms. The van der Waals surface area contributed by atoms with Crippen molar-refractivity contribution < 1.29 is 10.2 Å². The van der Waals surface area contributed by atoms with E-state index in [1.807, 2.05) is 0 Å². The highest BCUT2D eigenvalue weighted by atomic mass is 32.3. The molecule has 0 aliphatic heterocycles. The van der Waals surface area contributed by atoms with Gasteiger partial charge in [0.05, 0.1) is 0 Å². The Hall–Kier alpha value is -0.970. The summed E-state index contributed by atoms with van der Waals surface area (Å²) in [6.45, 7) is -0.328. The summed E-state index contributed by atoms with van der Waals surface area (Å²) in [5, 5.41) is 15.3. The molecule has 82 valence electrons.